The molecule has 0 heterocycles. The quantitative estimate of drug-likeness (QED) is 0.409. The van der Waals surface area contributed by atoms with Gasteiger partial charge in [0.2, 0.25) is 0 Å². The molecule has 0 amide bonds. The van der Waals surface area contributed by atoms with E-state index in [0.29, 0.717) is 0 Å². The van der Waals surface area contributed by atoms with Crippen molar-refractivity contribution < 1.29 is 19.4 Å². The fourth-order valence-corrected chi connectivity index (χ4v) is 0.298. The van der Waals surface area contributed by atoms with Crippen LogP contribution < -0.4 is 0 Å². The molecule has 5 heteroatoms. The summed E-state index contributed by atoms with van der Waals surface area (Å²) in [6.45, 7) is 0. The van der Waals surface area contributed by atoms with Crippen molar-refractivity contribution in [1.82, 2.24) is 0 Å². The van der Waals surface area contributed by atoms with Crippen LogP contribution in [0.1, 0.15) is 0 Å². The molecule has 0 rings (SSSR count). The number of carboxylic acids is 1. The van der Waals surface area contributed by atoms with Crippen LogP contribution >= 0.6 is 0 Å². The van der Waals surface area contributed by atoms with E-state index >= 15 is 0 Å². The fourth-order valence-electron chi connectivity index (χ4n) is 0.298. The van der Waals surface area contributed by atoms with Crippen LogP contribution in [0.15, 0.2) is 0 Å². The van der Waals surface area contributed by atoms with Crippen molar-refractivity contribution in [3.05, 3.63) is 0 Å². The number of carboxylic acid groups (broad SMARTS) is 1. The molecule has 4 nitrogen and oxygen atoms in total. The predicted molar refractivity (Wildman–Crippen MR) is 32.6 cm³/mol. The number of aliphatic carboxylic acids is 1. The zero-order valence-electron chi connectivity index (χ0n) is 4.75. The first-order chi connectivity index (χ1) is 3.72. The molecule has 0 bridgehead atoms. The molecule has 0 saturated heterocycles. The second-order valence-electron chi connectivity index (χ2n) is 1.14. The van der Waals surface area contributed by atoms with Crippen LogP contribution in [-0.2, 0) is 14.3 Å². The summed E-state index contributed by atoms with van der Waals surface area (Å²) >= 11 is 0. The Balaban J connectivity index is 0. The van der Waals surface area contributed by atoms with E-state index < -0.39 is 12.3 Å². The molecule has 0 aromatic heterocycles. The molecule has 0 aromatic carbocycles. The van der Waals surface area contributed by atoms with Gasteiger partial charge in [0.1, 0.15) is 0 Å². The van der Waals surface area contributed by atoms with Crippen LogP contribution in [0.4, 0.5) is 0 Å². The molecule has 0 aromatic rings. The minimum absolute atomic E-state index is 0. The summed E-state index contributed by atoms with van der Waals surface area (Å²) in [5.74, 6) is -1.12. The van der Waals surface area contributed by atoms with E-state index in [1.807, 2.05) is 0 Å². The van der Waals surface area contributed by atoms with Gasteiger partial charge in [0.15, 0.2) is 0 Å². The Morgan fingerprint density at radius 1 is 1.44 bits per heavy atom. The molecule has 0 aliphatic heterocycles. The molecule has 0 spiro atoms. The van der Waals surface area contributed by atoms with Crippen molar-refractivity contribution >= 4 is 35.5 Å². The van der Waals surface area contributed by atoms with Crippen LogP contribution in [0.5, 0.6) is 0 Å². The van der Waals surface area contributed by atoms with Crippen LogP contribution in [-0.4, -0.2) is 61.1 Å². The molecule has 0 aliphatic carbocycles. The van der Waals surface area contributed by atoms with E-state index in [0.717, 1.165) is 0 Å². The molecule has 0 unspecified atom stereocenters. The minimum atomic E-state index is -1.13. The third kappa shape index (κ3) is 4.87. The third-order valence-electron chi connectivity index (χ3n) is 0.630. The van der Waals surface area contributed by atoms with E-state index in [2.05, 4.69) is 9.47 Å². The van der Waals surface area contributed by atoms with E-state index in [9.17, 15) is 4.79 Å². The summed E-state index contributed by atoms with van der Waals surface area (Å²) in [6, 6.07) is 0. The number of methoxy groups -OCH3 is 2. The Kier molecular flexibility index (Phi) is 8.75. The molecule has 1 N–H and O–H groups in total. The summed E-state index contributed by atoms with van der Waals surface area (Å²) in [4.78, 5) is 9.91. The Hall–Kier alpha value is 0.390. The Morgan fingerprint density at radius 3 is 1.78 bits per heavy atom. The maximum atomic E-state index is 9.91. The number of hydrogen-bond acceptors (Lipinski definition) is 3. The van der Waals surface area contributed by atoms with Crippen LogP contribution in [0.2, 0.25) is 0 Å². The van der Waals surface area contributed by atoms with Gasteiger partial charge in [-0.1, -0.05) is 0 Å². The van der Waals surface area contributed by atoms with Crippen LogP contribution in [0, 0.1) is 0 Å². The third-order valence-corrected chi connectivity index (χ3v) is 0.630. The first-order valence-electron chi connectivity index (χ1n) is 2.00. The molecule has 0 atom stereocenters. The van der Waals surface area contributed by atoms with Gasteiger partial charge in [-0.15, -0.1) is 0 Å². The zero-order valence-corrected chi connectivity index (χ0v) is 4.75. The fraction of sp³-hybridized carbons (Fsp3) is 0.750. The summed E-state index contributed by atoms with van der Waals surface area (Å²) in [5.41, 5.74) is 0. The van der Waals surface area contributed by atoms with Gasteiger partial charge in [-0.2, -0.15) is 0 Å². The molecule has 0 aliphatic rings. The summed E-state index contributed by atoms with van der Waals surface area (Å²) in [7, 11) is 2.53. The van der Waals surface area contributed by atoms with Crippen molar-refractivity contribution in [3.63, 3.8) is 0 Å². The van der Waals surface area contributed by atoms with Gasteiger partial charge in [0.25, 0.3) is 6.29 Å². The standard InChI is InChI=1S/C4H8O4.Na.H/c1-7-4(8-2)3(5)6;;/h4H,1-2H3,(H,5,6);;. The molecule has 0 fully saturated rings. The molecule has 0 radical (unpaired) electrons. The van der Waals surface area contributed by atoms with Gasteiger partial charge in [-0.05, 0) is 0 Å². The molecular formula is C4H9NaO4. The summed E-state index contributed by atoms with van der Waals surface area (Å²) in [6.07, 6.45) is -1.13. The predicted octanol–water partition coefficient (Wildman–Crippen LogP) is -0.959. The number of ether oxygens (including phenoxy) is 2. The van der Waals surface area contributed by atoms with Crippen molar-refractivity contribution in [2.75, 3.05) is 14.2 Å². The number of carbonyl (C=O) groups is 1. The summed E-state index contributed by atoms with van der Waals surface area (Å²) in [5, 5.41) is 8.12. The van der Waals surface area contributed by atoms with Crippen LogP contribution in [0.3, 0.4) is 0 Å². The van der Waals surface area contributed by atoms with E-state index in [1.165, 1.54) is 14.2 Å². The van der Waals surface area contributed by atoms with Crippen molar-refractivity contribution in [2.24, 2.45) is 0 Å². The van der Waals surface area contributed by atoms with Gasteiger partial charge >= 0.3 is 35.5 Å². The van der Waals surface area contributed by atoms with E-state index in [-0.39, 0.29) is 29.6 Å². The monoisotopic (exact) mass is 144 g/mol. The van der Waals surface area contributed by atoms with E-state index in [1.54, 1.807) is 0 Å². The molecule has 9 heavy (non-hydrogen) atoms. The second-order valence-corrected chi connectivity index (χ2v) is 1.14. The molecular weight excluding hydrogens is 135 g/mol. The number of rotatable bonds is 3. The molecule has 0 saturated carbocycles. The zero-order chi connectivity index (χ0) is 6.57. The normalized spacial score (nSPS) is 8.78. The topological polar surface area (TPSA) is 55.8 Å². The molecule has 50 valence electrons. The Labute approximate surface area is 75.4 Å². The second kappa shape index (κ2) is 6.51. The first-order valence-corrected chi connectivity index (χ1v) is 2.00. The summed E-state index contributed by atoms with van der Waals surface area (Å²) < 4.78 is 8.68. The van der Waals surface area contributed by atoms with Gasteiger partial charge < -0.3 is 14.6 Å². The first kappa shape index (κ1) is 12.1. The van der Waals surface area contributed by atoms with Crippen LogP contribution in [0.25, 0.3) is 0 Å². The average molecular weight is 144 g/mol. The van der Waals surface area contributed by atoms with Crippen molar-refractivity contribution in [2.45, 2.75) is 6.29 Å². The Morgan fingerprint density at radius 2 is 1.78 bits per heavy atom. The van der Waals surface area contributed by atoms with Crippen molar-refractivity contribution in [3.8, 4) is 0 Å². The van der Waals surface area contributed by atoms with Gasteiger partial charge in [0, 0.05) is 14.2 Å². The van der Waals surface area contributed by atoms with E-state index in [4.69, 9.17) is 5.11 Å². The number of hydrogen-bond donors (Lipinski definition) is 1. The SMILES string of the molecule is COC(OC)C(=O)O.[NaH]. The van der Waals surface area contributed by atoms with Crippen molar-refractivity contribution in [1.29, 1.82) is 0 Å². The van der Waals surface area contributed by atoms with Gasteiger partial charge in [0.05, 0.1) is 0 Å². The Bertz CT molecular complexity index is 80.6. The maximum absolute atomic E-state index is 9.91. The van der Waals surface area contributed by atoms with Gasteiger partial charge in [-0.3, -0.25) is 0 Å². The average Bonchev–Trinajstić information content (AvgIpc) is 1.69. The van der Waals surface area contributed by atoms with Gasteiger partial charge in [-0.25, -0.2) is 4.79 Å².